The molecule has 1 aromatic carbocycles. The van der Waals surface area contributed by atoms with Crippen molar-refractivity contribution in [2.75, 3.05) is 52.9 Å². The summed E-state index contributed by atoms with van der Waals surface area (Å²) >= 11 is 0. The van der Waals surface area contributed by atoms with Gasteiger partial charge >= 0.3 is 12.1 Å². The van der Waals surface area contributed by atoms with Crippen LogP contribution in [0.3, 0.4) is 0 Å². The van der Waals surface area contributed by atoms with Crippen LogP contribution in [-0.4, -0.2) is 93.7 Å². The van der Waals surface area contributed by atoms with E-state index in [9.17, 15) is 14.4 Å². The number of amides is 2. The van der Waals surface area contributed by atoms with E-state index in [1.54, 1.807) is 20.8 Å². The molecule has 4 N–H and O–H groups in total. The van der Waals surface area contributed by atoms with E-state index in [1.165, 1.54) is 5.56 Å². The summed E-state index contributed by atoms with van der Waals surface area (Å²) in [5.41, 5.74) is 6.85. The average molecular weight is 585 g/mol. The number of hydrogen-bond donors (Lipinski definition) is 3. The number of carboxylic acid groups (broad SMARTS) is 1. The molecule has 1 rings (SSSR count). The Morgan fingerprint density at radius 1 is 0.878 bits per heavy atom. The van der Waals surface area contributed by atoms with Gasteiger partial charge in [-0.05, 0) is 58.1 Å². The van der Waals surface area contributed by atoms with Gasteiger partial charge in [-0.2, -0.15) is 0 Å². The van der Waals surface area contributed by atoms with Gasteiger partial charge in [-0.25, -0.2) is 9.59 Å². The third-order valence-corrected chi connectivity index (χ3v) is 5.60. The molecule has 0 unspecified atom stereocenters. The van der Waals surface area contributed by atoms with Gasteiger partial charge in [0, 0.05) is 13.0 Å². The molecule has 0 spiro atoms. The summed E-state index contributed by atoms with van der Waals surface area (Å²) in [6.07, 6.45) is 1.32. The maximum Gasteiger partial charge on any atom is 0.407 e. The lowest BCUT2D eigenvalue weighted by Gasteiger charge is -2.27. The number of ether oxygens (including phenoxy) is 6. The highest BCUT2D eigenvalue weighted by molar-refractivity contribution is 5.74. The van der Waals surface area contributed by atoms with Crippen LogP contribution in [0.25, 0.3) is 0 Å². The second kappa shape index (κ2) is 21.0. The first kappa shape index (κ1) is 36.3. The van der Waals surface area contributed by atoms with E-state index in [0.717, 1.165) is 18.4 Å². The van der Waals surface area contributed by atoms with Crippen molar-refractivity contribution in [2.45, 2.75) is 77.7 Å². The molecule has 0 aliphatic heterocycles. The van der Waals surface area contributed by atoms with Crippen LogP contribution >= 0.6 is 0 Å². The van der Waals surface area contributed by atoms with Crippen molar-refractivity contribution in [1.82, 2.24) is 5.32 Å². The molecular formula is C29H48N2O10. The third kappa shape index (κ3) is 20.7. The highest BCUT2D eigenvalue weighted by atomic mass is 16.6. The van der Waals surface area contributed by atoms with Gasteiger partial charge in [0.1, 0.15) is 12.2 Å². The maximum atomic E-state index is 12.2. The minimum atomic E-state index is -1.000. The normalized spacial score (nSPS) is 13.0. The molecule has 0 saturated carbocycles. The first-order chi connectivity index (χ1) is 19.5. The second-order valence-corrected chi connectivity index (χ2v) is 10.5. The smallest absolute Gasteiger partial charge is 0.407 e. The van der Waals surface area contributed by atoms with E-state index in [1.807, 2.05) is 19.1 Å². The number of aliphatic carboxylic acids is 1. The molecule has 0 fully saturated rings. The van der Waals surface area contributed by atoms with Crippen LogP contribution in [0.5, 0.6) is 0 Å². The van der Waals surface area contributed by atoms with Crippen LogP contribution in [0.1, 0.15) is 58.1 Å². The predicted molar refractivity (Wildman–Crippen MR) is 152 cm³/mol. The highest BCUT2D eigenvalue weighted by Crippen LogP contribution is 2.14. The number of benzene rings is 1. The van der Waals surface area contributed by atoms with Gasteiger partial charge in [0.25, 0.3) is 0 Å². The fourth-order valence-electron chi connectivity index (χ4n) is 3.52. The van der Waals surface area contributed by atoms with Gasteiger partial charge in [-0.1, -0.05) is 24.3 Å². The van der Waals surface area contributed by atoms with Crippen LogP contribution in [0.15, 0.2) is 24.3 Å². The number of carbonyl (C=O) groups is 3. The molecule has 41 heavy (non-hydrogen) atoms. The summed E-state index contributed by atoms with van der Waals surface area (Å²) in [4.78, 5) is 33.8. The van der Waals surface area contributed by atoms with Crippen LogP contribution in [0.4, 0.5) is 4.79 Å². The molecule has 0 heterocycles. The van der Waals surface area contributed by atoms with E-state index >= 15 is 0 Å². The summed E-state index contributed by atoms with van der Waals surface area (Å²) in [7, 11) is 0. The standard InChI is InChI=1S/C29H48N2O10/c1-22(25(11-12-26(30)32)31-28(35)41-29(2,3)4)40-20-24-9-7-23(8-10-24)6-5-13-36-14-15-37-16-17-38-18-19-39-21-27(33)34/h7-10,22,25H,5-6,11-21H2,1-4H3,(H2,30,32)(H,31,35)(H,33,34)/t22-,25+/m1/s1. The Morgan fingerprint density at radius 3 is 1.95 bits per heavy atom. The molecule has 0 aliphatic carbocycles. The van der Waals surface area contributed by atoms with Gasteiger partial charge in [-0.3, -0.25) is 4.79 Å². The zero-order valence-corrected chi connectivity index (χ0v) is 24.9. The largest absolute Gasteiger partial charge is 0.480 e. The maximum absolute atomic E-state index is 12.2. The Morgan fingerprint density at radius 2 is 1.41 bits per heavy atom. The Labute approximate surface area is 243 Å². The number of hydrogen-bond acceptors (Lipinski definition) is 9. The summed E-state index contributed by atoms with van der Waals surface area (Å²) in [5.74, 6) is -1.44. The third-order valence-electron chi connectivity index (χ3n) is 5.60. The van der Waals surface area contributed by atoms with Crippen LogP contribution in [-0.2, 0) is 51.0 Å². The SMILES string of the molecule is C[C@@H](OCc1ccc(CCCOCCOCCOCCOCC(=O)O)cc1)[C@H](CCC(N)=O)NC(=O)OC(C)(C)C. The fraction of sp³-hybridized carbons (Fsp3) is 0.690. The van der Waals surface area contributed by atoms with Crippen molar-refractivity contribution in [3.8, 4) is 0 Å². The molecule has 12 heteroatoms. The zero-order valence-electron chi connectivity index (χ0n) is 24.9. The molecule has 1 aromatic rings. The van der Waals surface area contributed by atoms with Crippen molar-refractivity contribution in [3.63, 3.8) is 0 Å². The van der Waals surface area contributed by atoms with Gasteiger partial charge in [0.15, 0.2) is 0 Å². The van der Waals surface area contributed by atoms with Gasteiger partial charge in [0.2, 0.25) is 5.91 Å². The molecule has 0 aromatic heterocycles. The van der Waals surface area contributed by atoms with E-state index in [-0.39, 0.29) is 25.7 Å². The first-order valence-corrected chi connectivity index (χ1v) is 14.0. The lowest BCUT2D eigenvalue weighted by atomic mass is 10.1. The Kier molecular flexibility index (Phi) is 18.6. The lowest BCUT2D eigenvalue weighted by Crippen LogP contribution is -2.45. The molecular weight excluding hydrogens is 536 g/mol. The van der Waals surface area contributed by atoms with Crippen LogP contribution < -0.4 is 11.1 Å². The minimum Gasteiger partial charge on any atom is -0.480 e. The summed E-state index contributed by atoms with van der Waals surface area (Å²) in [6, 6.07) is 7.71. The van der Waals surface area contributed by atoms with Gasteiger partial charge < -0.3 is 44.6 Å². The number of nitrogens with one attached hydrogen (secondary N) is 1. The van der Waals surface area contributed by atoms with Crippen molar-refractivity contribution < 1.29 is 47.9 Å². The van der Waals surface area contributed by atoms with E-state index < -0.39 is 29.6 Å². The predicted octanol–water partition coefficient (Wildman–Crippen LogP) is 2.83. The molecule has 12 nitrogen and oxygen atoms in total. The Balaban J connectivity index is 2.22. The highest BCUT2D eigenvalue weighted by Gasteiger charge is 2.24. The van der Waals surface area contributed by atoms with Crippen molar-refractivity contribution in [1.29, 1.82) is 0 Å². The molecule has 0 bridgehead atoms. The summed E-state index contributed by atoms with van der Waals surface area (Å²) < 4.78 is 32.5. The Bertz CT molecular complexity index is 873. The van der Waals surface area contributed by atoms with Crippen molar-refractivity contribution in [3.05, 3.63) is 35.4 Å². The molecule has 2 atom stereocenters. The number of aryl methyl sites for hydroxylation is 1. The van der Waals surface area contributed by atoms with E-state index in [0.29, 0.717) is 52.7 Å². The molecule has 0 radical (unpaired) electrons. The lowest BCUT2D eigenvalue weighted by molar-refractivity contribution is -0.142. The number of alkyl carbamates (subject to hydrolysis) is 1. The van der Waals surface area contributed by atoms with Gasteiger partial charge in [-0.15, -0.1) is 0 Å². The number of nitrogens with two attached hydrogens (primary N) is 1. The second-order valence-electron chi connectivity index (χ2n) is 10.5. The average Bonchev–Trinajstić information content (AvgIpc) is 2.89. The summed E-state index contributed by atoms with van der Waals surface area (Å²) in [5, 5.41) is 11.2. The van der Waals surface area contributed by atoms with Crippen LogP contribution in [0, 0.1) is 0 Å². The molecule has 2 amide bonds. The fourth-order valence-corrected chi connectivity index (χ4v) is 3.52. The van der Waals surface area contributed by atoms with Crippen molar-refractivity contribution in [2.24, 2.45) is 5.73 Å². The van der Waals surface area contributed by atoms with Crippen LogP contribution in [0.2, 0.25) is 0 Å². The zero-order chi connectivity index (χ0) is 30.5. The minimum absolute atomic E-state index is 0.129. The Hall–Kier alpha value is -2.77. The molecule has 234 valence electrons. The first-order valence-electron chi connectivity index (χ1n) is 14.0. The number of rotatable bonds is 23. The summed E-state index contributed by atoms with van der Waals surface area (Å²) in [6.45, 7) is 10.2. The van der Waals surface area contributed by atoms with Crippen molar-refractivity contribution >= 4 is 18.0 Å². The number of carboxylic acids is 1. The molecule has 0 saturated heterocycles. The topological polar surface area (TPSA) is 165 Å². The number of primary amides is 1. The van der Waals surface area contributed by atoms with E-state index in [2.05, 4.69) is 17.4 Å². The van der Waals surface area contributed by atoms with E-state index in [4.69, 9.17) is 39.3 Å². The monoisotopic (exact) mass is 584 g/mol. The molecule has 0 aliphatic rings. The quantitative estimate of drug-likeness (QED) is 0.163. The number of carbonyl (C=O) groups excluding carboxylic acids is 2. The van der Waals surface area contributed by atoms with Gasteiger partial charge in [0.05, 0.1) is 58.4 Å².